The van der Waals surface area contributed by atoms with E-state index in [2.05, 4.69) is 19.3 Å². The Morgan fingerprint density at radius 3 is 2.38 bits per heavy atom. The minimum atomic E-state index is 0.252. The second-order valence-electron chi connectivity index (χ2n) is 3.45. The Labute approximate surface area is 82.0 Å². The number of ether oxygens (including phenoxy) is 1. The lowest BCUT2D eigenvalue weighted by Gasteiger charge is -2.24. The molecule has 3 N–H and O–H groups in total. The molecular weight excluding hydrogens is 164 g/mol. The lowest BCUT2D eigenvalue weighted by molar-refractivity contribution is 0.0616. The third-order valence-corrected chi connectivity index (χ3v) is 2.49. The van der Waals surface area contributed by atoms with Crippen LogP contribution in [0.1, 0.15) is 46.0 Å². The molecule has 0 aliphatic carbocycles. The molecule has 3 nitrogen and oxygen atoms in total. The highest BCUT2D eigenvalue weighted by Gasteiger charge is 2.16. The molecule has 0 aromatic heterocycles. The van der Waals surface area contributed by atoms with Gasteiger partial charge in [0.2, 0.25) is 0 Å². The number of hydrogen-bond acceptors (Lipinski definition) is 3. The Hall–Kier alpha value is -0.120. The van der Waals surface area contributed by atoms with E-state index in [0.29, 0.717) is 6.04 Å². The fourth-order valence-electron chi connectivity index (χ4n) is 1.61. The van der Waals surface area contributed by atoms with Crippen molar-refractivity contribution in [3.8, 4) is 0 Å². The van der Waals surface area contributed by atoms with Crippen LogP contribution < -0.4 is 11.3 Å². The second-order valence-corrected chi connectivity index (χ2v) is 3.45. The summed E-state index contributed by atoms with van der Waals surface area (Å²) >= 11 is 0. The molecule has 80 valence electrons. The van der Waals surface area contributed by atoms with Gasteiger partial charge < -0.3 is 4.74 Å². The molecule has 0 aromatic carbocycles. The molecule has 0 amide bonds. The Balaban J connectivity index is 3.71. The number of hydrazine groups is 1. The molecule has 0 fully saturated rings. The summed E-state index contributed by atoms with van der Waals surface area (Å²) in [6.07, 6.45) is 6.13. The highest BCUT2D eigenvalue weighted by molar-refractivity contribution is 4.73. The fraction of sp³-hybridized carbons (Fsp3) is 1.00. The molecule has 0 spiro atoms. The topological polar surface area (TPSA) is 47.3 Å². The van der Waals surface area contributed by atoms with E-state index < -0.39 is 0 Å². The summed E-state index contributed by atoms with van der Waals surface area (Å²) in [4.78, 5) is 0. The molecule has 0 aromatic rings. The number of methoxy groups -OCH3 is 1. The largest absolute Gasteiger partial charge is 0.380 e. The van der Waals surface area contributed by atoms with Crippen molar-refractivity contribution < 1.29 is 4.74 Å². The first-order valence-electron chi connectivity index (χ1n) is 5.29. The van der Waals surface area contributed by atoms with Gasteiger partial charge in [-0.2, -0.15) is 0 Å². The zero-order valence-corrected chi connectivity index (χ0v) is 9.18. The third-order valence-electron chi connectivity index (χ3n) is 2.49. The molecule has 0 radical (unpaired) electrons. The molecule has 0 heterocycles. The number of unbranched alkanes of at least 4 members (excludes halogenated alkanes) is 2. The number of hydrogen-bond donors (Lipinski definition) is 2. The maximum absolute atomic E-state index is 5.48. The summed E-state index contributed by atoms with van der Waals surface area (Å²) in [6, 6.07) is 0.307. The maximum atomic E-state index is 5.48. The van der Waals surface area contributed by atoms with Crippen LogP contribution in [0.25, 0.3) is 0 Å². The highest BCUT2D eigenvalue weighted by atomic mass is 16.5. The normalized spacial score (nSPS) is 15.7. The van der Waals surface area contributed by atoms with E-state index in [1.54, 1.807) is 7.11 Å². The summed E-state index contributed by atoms with van der Waals surface area (Å²) in [5, 5.41) is 0. The molecule has 0 rings (SSSR count). The first-order chi connectivity index (χ1) is 6.29. The van der Waals surface area contributed by atoms with E-state index in [1.807, 2.05) is 0 Å². The van der Waals surface area contributed by atoms with Crippen molar-refractivity contribution in [2.24, 2.45) is 5.84 Å². The smallest absolute Gasteiger partial charge is 0.0735 e. The molecule has 0 aliphatic rings. The van der Waals surface area contributed by atoms with Crippen LogP contribution in [0.5, 0.6) is 0 Å². The van der Waals surface area contributed by atoms with Crippen molar-refractivity contribution in [1.82, 2.24) is 5.43 Å². The van der Waals surface area contributed by atoms with Gasteiger partial charge in [0.15, 0.2) is 0 Å². The van der Waals surface area contributed by atoms with Crippen LogP contribution in [0, 0.1) is 0 Å². The minimum Gasteiger partial charge on any atom is -0.380 e. The highest BCUT2D eigenvalue weighted by Crippen LogP contribution is 2.10. The standard InChI is InChI=1S/C10H24N2O/c1-4-6-7-8-9(12-11)10(5-2)13-3/h9-10,12H,4-8,11H2,1-3H3. The average molecular weight is 188 g/mol. The summed E-state index contributed by atoms with van der Waals surface area (Å²) < 4.78 is 5.34. The van der Waals surface area contributed by atoms with Gasteiger partial charge in [-0.1, -0.05) is 33.1 Å². The van der Waals surface area contributed by atoms with Gasteiger partial charge in [-0.25, -0.2) is 0 Å². The van der Waals surface area contributed by atoms with E-state index in [1.165, 1.54) is 19.3 Å². The third kappa shape index (κ3) is 5.24. The van der Waals surface area contributed by atoms with Gasteiger partial charge in [0.1, 0.15) is 0 Å². The van der Waals surface area contributed by atoms with Crippen molar-refractivity contribution in [1.29, 1.82) is 0 Å². The molecule has 0 saturated carbocycles. The zero-order chi connectivity index (χ0) is 10.1. The van der Waals surface area contributed by atoms with Gasteiger partial charge in [0, 0.05) is 13.2 Å². The second kappa shape index (κ2) is 8.48. The first-order valence-corrected chi connectivity index (χ1v) is 5.29. The Morgan fingerprint density at radius 2 is 2.00 bits per heavy atom. The Kier molecular flexibility index (Phi) is 8.40. The number of nitrogens with two attached hydrogens (primary N) is 1. The van der Waals surface area contributed by atoms with Crippen LogP contribution in [0.15, 0.2) is 0 Å². The quantitative estimate of drug-likeness (QED) is 0.347. The van der Waals surface area contributed by atoms with Gasteiger partial charge in [-0.3, -0.25) is 11.3 Å². The van der Waals surface area contributed by atoms with E-state index in [0.717, 1.165) is 12.8 Å². The van der Waals surface area contributed by atoms with Crippen molar-refractivity contribution in [2.75, 3.05) is 7.11 Å². The molecular formula is C10H24N2O. The predicted molar refractivity (Wildman–Crippen MR) is 56.3 cm³/mol. The number of rotatable bonds is 8. The monoisotopic (exact) mass is 188 g/mol. The molecule has 2 atom stereocenters. The van der Waals surface area contributed by atoms with Crippen molar-refractivity contribution >= 4 is 0 Å². The summed E-state index contributed by atoms with van der Waals surface area (Å²) in [7, 11) is 1.75. The SMILES string of the molecule is CCCCCC(NN)C(CC)OC. The minimum absolute atomic E-state index is 0.252. The molecule has 0 aliphatic heterocycles. The maximum Gasteiger partial charge on any atom is 0.0735 e. The molecule has 3 heteroatoms. The average Bonchev–Trinajstić information content (AvgIpc) is 2.17. The van der Waals surface area contributed by atoms with Crippen LogP contribution in [0.2, 0.25) is 0 Å². The van der Waals surface area contributed by atoms with Gasteiger partial charge in [0.05, 0.1) is 6.10 Å². The van der Waals surface area contributed by atoms with Crippen LogP contribution in [0.4, 0.5) is 0 Å². The molecule has 2 unspecified atom stereocenters. The van der Waals surface area contributed by atoms with Crippen LogP contribution in [-0.4, -0.2) is 19.3 Å². The van der Waals surface area contributed by atoms with Gasteiger partial charge in [-0.15, -0.1) is 0 Å². The first kappa shape index (κ1) is 12.9. The predicted octanol–water partition coefficient (Wildman–Crippen LogP) is 1.82. The van der Waals surface area contributed by atoms with E-state index in [-0.39, 0.29) is 6.10 Å². The van der Waals surface area contributed by atoms with Crippen molar-refractivity contribution in [3.05, 3.63) is 0 Å². The Bertz CT molecular complexity index is 105. The van der Waals surface area contributed by atoms with Gasteiger partial charge in [-0.05, 0) is 12.8 Å². The summed E-state index contributed by atoms with van der Waals surface area (Å²) in [6.45, 7) is 4.33. The molecule has 13 heavy (non-hydrogen) atoms. The van der Waals surface area contributed by atoms with Crippen LogP contribution >= 0.6 is 0 Å². The summed E-state index contributed by atoms with van der Waals surface area (Å²) in [5.41, 5.74) is 2.84. The fourth-order valence-corrected chi connectivity index (χ4v) is 1.61. The molecule has 0 saturated heterocycles. The Morgan fingerprint density at radius 1 is 1.31 bits per heavy atom. The summed E-state index contributed by atoms with van der Waals surface area (Å²) in [5.74, 6) is 5.48. The lowest BCUT2D eigenvalue weighted by Crippen LogP contribution is -2.44. The number of nitrogens with one attached hydrogen (secondary N) is 1. The van der Waals surface area contributed by atoms with Crippen LogP contribution in [-0.2, 0) is 4.74 Å². The molecule has 0 bridgehead atoms. The van der Waals surface area contributed by atoms with E-state index >= 15 is 0 Å². The van der Waals surface area contributed by atoms with Gasteiger partial charge >= 0.3 is 0 Å². The zero-order valence-electron chi connectivity index (χ0n) is 9.18. The van der Waals surface area contributed by atoms with Gasteiger partial charge in [0.25, 0.3) is 0 Å². The van der Waals surface area contributed by atoms with Crippen molar-refractivity contribution in [2.45, 2.75) is 58.1 Å². The van der Waals surface area contributed by atoms with E-state index in [4.69, 9.17) is 10.6 Å². The lowest BCUT2D eigenvalue weighted by atomic mass is 10.0. The van der Waals surface area contributed by atoms with Crippen molar-refractivity contribution in [3.63, 3.8) is 0 Å². The van der Waals surface area contributed by atoms with E-state index in [9.17, 15) is 0 Å². The van der Waals surface area contributed by atoms with Crippen LogP contribution in [0.3, 0.4) is 0 Å².